The van der Waals surface area contributed by atoms with Crippen LogP contribution in [-0.4, -0.2) is 67.5 Å². The van der Waals surface area contributed by atoms with Crippen LogP contribution in [-0.2, 0) is 10.2 Å². The number of fused-ring (bicyclic) bond motifs is 1. The van der Waals surface area contributed by atoms with Crippen molar-refractivity contribution in [2.45, 2.75) is 31.7 Å². The maximum Gasteiger partial charge on any atom is 0.236 e. The van der Waals surface area contributed by atoms with Crippen LogP contribution in [0.2, 0.25) is 0 Å². The first kappa shape index (κ1) is 21.9. The van der Waals surface area contributed by atoms with Crippen LogP contribution < -0.4 is 4.90 Å². The van der Waals surface area contributed by atoms with E-state index in [4.69, 9.17) is 0 Å². The van der Waals surface area contributed by atoms with Crippen molar-refractivity contribution in [2.24, 2.45) is 5.92 Å². The molecule has 0 N–H and O–H groups in total. The number of anilines is 1. The smallest absolute Gasteiger partial charge is 0.236 e. The molecule has 2 unspecified atom stereocenters. The Labute approximate surface area is 175 Å². The third kappa shape index (κ3) is 4.87. The number of rotatable bonds is 5. The van der Waals surface area contributed by atoms with E-state index in [-0.39, 0.29) is 11.9 Å². The van der Waals surface area contributed by atoms with E-state index in [0.717, 1.165) is 30.6 Å². The summed E-state index contributed by atoms with van der Waals surface area (Å²) in [6.07, 6.45) is 2.69. The van der Waals surface area contributed by atoms with E-state index >= 15 is 0 Å². The van der Waals surface area contributed by atoms with Gasteiger partial charge in [-0.3, -0.25) is 9.78 Å². The van der Waals surface area contributed by atoms with Gasteiger partial charge >= 0.3 is 0 Å². The Kier molecular flexibility index (Phi) is 6.45. The largest absolute Gasteiger partial charge is 0.369 e. The number of likely N-dealkylation sites (N-methyl/N-ethyl adjacent to an activating group) is 2. The molecule has 1 aliphatic rings. The van der Waals surface area contributed by atoms with E-state index < -0.39 is 5.41 Å². The van der Waals surface area contributed by atoms with Crippen LogP contribution in [0.15, 0.2) is 30.5 Å². The number of piperidine rings is 1. The first-order chi connectivity index (χ1) is 13.6. The summed E-state index contributed by atoms with van der Waals surface area (Å²) in [6.45, 7) is 5.83. The minimum absolute atomic E-state index is 0.132. The van der Waals surface area contributed by atoms with Gasteiger partial charge in [0.2, 0.25) is 5.91 Å². The summed E-state index contributed by atoms with van der Waals surface area (Å²) in [7, 11) is 7.99. The summed E-state index contributed by atoms with van der Waals surface area (Å²) in [4.78, 5) is 23.2. The molecule has 1 aromatic heterocycles. The number of aromatic nitrogens is 1. The van der Waals surface area contributed by atoms with E-state index in [1.165, 1.54) is 6.92 Å². The molecule has 1 aliphatic heterocycles. The molecule has 1 amide bonds. The minimum atomic E-state index is -1.54. The Bertz CT molecular complexity index is 883. The van der Waals surface area contributed by atoms with E-state index in [2.05, 4.69) is 26.0 Å². The van der Waals surface area contributed by atoms with Crippen molar-refractivity contribution >= 4 is 31.7 Å². The van der Waals surface area contributed by atoms with Gasteiger partial charge in [-0.05, 0) is 51.6 Å². The average Bonchev–Trinajstić information content (AvgIpc) is 2.64. The number of hydrogen-bond acceptors (Lipinski definition) is 4. The quantitative estimate of drug-likeness (QED) is 0.697. The van der Waals surface area contributed by atoms with Crippen molar-refractivity contribution in [2.75, 3.05) is 45.7 Å². The molecule has 2 heterocycles. The van der Waals surface area contributed by atoms with Gasteiger partial charge in [0.25, 0.3) is 0 Å². The molecular weight excluding hydrogens is 386 g/mol. The Morgan fingerprint density at radius 2 is 2.03 bits per heavy atom. The lowest BCUT2D eigenvalue weighted by atomic mass is 9.93. The van der Waals surface area contributed by atoms with Crippen molar-refractivity contribution in [3.05, 3.63) is 36.0 Å². The van der Waals surface area contributed by atoms with Gasteiger partial charge in [0.15, 0.2) is 0 Å². The fraction of sp³-hybridized carbons (Fsp3) is 0.545. The van der Waals surface area contributed by atoms with Crippen LogP contribution >= 0.6 is 9.24 Å². The monoisotopic (exact) mass is 418 g/mol. The lowest BCUT2D eigenvalue weighted by Crippen LogP contribution is -2.52. The summed E-state index contributed by atoms with van der Waals surface area (Å²) in [6, 6.07) is 7.88. The van der Waals surface area contributed by atoms with Crippen molar-refractivity contribution in [3.63, 3.8) is 0 Å². The molecule has 0 saturated carbocycles. The summed E-state index contributed by atoms with van der Waals surface area (Å²) in [5.74, 6) is 0.579. The maximum atomic E-state index is 14.7. The van der Waals surface area contributed by atoms with Crippen molar-refractivity contribution in [3.8, 4) is 0 Å². The van der Waals surface area contributed by atoms with Gasteiger partial charge in [0.05, 0.1) is 12.1 Å². The number of hydrogen-bond donors (Lipinski definition) is 0. The molecule has 0 bridgehead atoms. The molecular formula is C22H32FN4OP. The molecule has 2 aromatic rings. The molecule has 158 valence electrons. The molecule has 29 heavy (non-hydrogen) atoms. The second kappa shape index (κ2) is 8.53. The molecule has 0 aliphatic carbocycles. The lowest BCUT2D eigenvalue weighted by Gasteiger charge is -2.42. The standard InChI is InChI=1S/C22H32FN4OP/c1-15-11-16(26(5)20(28)14-25(3)4)13-27(12-15)19-9-8-18(22(2,23)29)21-17(19)7-6-10-24-21/h6-10,15-16H,11-14,29H2,1-5H3/t15-,16+,22?/m0/s1. The molecule has 1 aromatic carbocycles. The highest BCUT2D eigenvalue weighted by molar-refractivity contribution is 7.18. The number of amides is 1. The number of pyridine rings is 1. The third-order valence-electron chi connectivity index (χ3n) is 5.64. The van der Waals surface area contributed by atoms with E-state index in [9.17, 15) is 9.18 Å². The van der Waals surface area contributed by atoms with Gasteiger partial charge in [-0.15, -0.1) is 0 Å². The van der Waals surface area contributed by atoms with Crippen molar-refractivity contribution in [1.82, 2.24) is 14.8 Å². The van der Waals surface area contributed by atoms with Gasteiger partial charge in [-0.1, -0.05) is 22.2 Å². The summed E-state index contributed by atoms with van der Waals surface area (Å²) in [5, 5.41) is -0.590. The first-order valence-corrected chi connectivity index (χ1v) is 10.7. The highest BCUT2D eigenvalue weighted by atomic mass is 31.0. The number of nitrogens with zero attached hydrogens (tertiary/aromatic N) is 4. The zero-order chi connectivity index (χ0) is 21.3. The van der Waals surface area contributed by atoms with Gasteiger partial charge in [-0.2, -0.15) is 0 Å². The Balaban J connectivity index is 1.94. The van der Waals surface area contributed by atoms with E-state index in [1.807, 2.05) is 55.2 Å². The zero-order valence-corrected chi connectivity index (χ0v) is 19.2. The molecule has 0 spiro atoms. The van der Waals surface area contributed by atoms with Gasteiger partial charge in [0.1, 0.15) is 5.41 Å². The number of benzene rings is 1. The predicted octanol–water partition coefficient (Wildman–Crippen LogP) is 3.49. The molecule has 3 rings (SSSR count). The van der Waals surface area contributed by atoms with E-state index in [0.29, 0.717) is 23.5 Å². The second-order valence-corrected chi connectivity index (χ2v) is 9.83. The zero-order valence-electron chi connectivity index (χ0n) is 18.0. The second-order valence-electron chi connectivity index (χ2n) is 8.75. The molecule has 5 nitrogen and oxygen atoms in total. The number of alkyl halides is 1. The lowest BCUT2D eigenvalue weighted by molar-refractivity contribution is -0.132. The van der Waals surface area contributed by atoms with E-state index in [1.54, 1.807) is 6.20 Å². The van der Waals surface area contributed by atoms with Crippen LogP contribution in [0.5, 0.6) is 0 Å². The van der Waals surface area contributed by atoms with Crippen molar-refractivity contribution in [1.29, 1.82) is 0 Å². The fourth-order valence-electron chi connectivity index (χ4n) is 4.21. The summed E-state index contributed by atoms with van der Waals surface area (Å²) in [5.41, 5.74) is 2.31. The Hall–Kier alpha value is -1.78. The molecule has 1 saturated heterocycles. The number of carbonyl (C=O) groups excluding carboxylic acids is 1. The third-order valence-corrected chi connectivity index (χ3v) is 5.96. The first-order valence-electron chi connectivity index (χ1n) is 10.1. The fourth-order valence-corrected chi connectivity index (χ4v) is 4.44. The highest BCUT2D eigenvalue weighted by Crippen LogP contribution is 2.40. The van der Waals surface area contributed by atoms with Crippen molar-refractivity contribution < 1.29 is 9.18 Å². The van der Waals surface area contributed by atoms with Gasteiger partial charge in [-0.25, -0.2) is 4.39 Å². The molecule has 4 atom stereocenters. The maximum absolute atomic E-state index is 14.7. The number of carbonyl (C=O) groups is 1. The van der Waals surface area contributed by atoms with Gasteiger partial charge in [0, 0.05) is 49.0 Å². The molecule has 1 fully saturated rings. The normalized spacial score (nSPS) is 22.0. The summed E-state index contributed by atoms with van der Waals surface area (Å²) < 4.78 is 14.7. The molecule has 7 heteroatoms. The Morgan fingerprint density at radius 3 is 2.69 bits per heavy atom. The van der Waals surface area contributed by atoms with Crippen LogP contribution in [0.4, 0.5) is 10.1 Å². The van der Waals surface area contributed by atoms with Crippen LogP contribution in [0.25, 0.3) is 10.9 Å². The average molecular weight is 418 g/mol. The topological polar surface area (TPSA) is 39.7 Å². The van der Waals surface area contributed by atoms with Gasteiger partial charge < -0.3 is 14.7 Å². The Morgan fingerprint density at radius 1 is 1.31 bits per heavy atom. The van der Waals surface area contributed by atoms with Crippen LogP contribution in [0.1, 0.15) is 25.8 Å². The molecule has 0 radical (unpaired) electrons. The summed E-state index contributed by atoms with van der Waals surface area (Å²) >= 11 is 0. The number of halogens is 1. The van der Waals surface area contributed by atoms with Crippen LogP contribution in [0.3, 0.4) is 0 Å². The van der Waals surface area contributed by atoms with Crippen LogP contribution in [0, 0.1) is 5.92 Å². The SMILES string of the molecule is C[C@H]1C[C@@H](N(C)C(=O)CN(C)C)CN(c2ccc(C(C)(F)P)c3ncccc23)C1. The predicted molar refractivity (Wildman–Crippen MR) is 121 cm³/mol. The highest BCUT2D eigenvalue weighted by Gasteiger charge is 2.31. The minimum Gasteiger partial charge on any atom is -0.369 e.